The second-order valence-corrected chi connectivity index (χ2v) is 6.61. The van der Waals surface area contributed by atoms with Crippen molar-refractivity contribution in [3.05, 3.63) is 46.5 Å². The van der Waals surface area contributed by atoms with Gasteiger partial charge in [0.05, 0.1) is 25.3 Å². The summed E-state index contributed by atoms with van der Waals surface area (Å²) in [6, 6.07) is 7.16. The summed E-state index contributed by atoms with van der Waals surface area (Å²) in [5, 5.41) is 2.77. The van der Waals surface area contributed by atoms with Crippen LogP contribution >= 0.6 is 11.3 Å². The standard InChI is InChI=1S/C17H20N4O3S/c1-12-3-2-4-13(9-12)16(23)20-19-15(22)10-14-11-25-17(18-14)21-5-7-24-8-6-21/h2-4,9,11H,5-8,10H2,1H3,(H,19,22)(H,20,23). The number of thiazole rings is 1. The molecule has 8 heteroatoms. The van der Waals surface area contributed by atoms with Crippen molar-refractivity contribution in [2.24, 2.45) is 0 Å². The van der Waals surface area contributed by atoms with Crippen molar-refractivity contribution < 1.29 is 14.3 Å². The number of hydrogen-bond acceptors (Lipinski definition) is 6. The molecule has 0 aliphatic carbocycles. The van der Waals surface area contributed by atoms with Crippen LogP contribution < -0.4 is 15.8 Å². The molecule has 2 N–H and O–H groups in total. The Morgan fingerprint density at radius 3 is 2.84 bits per heavy atom. The van der Waals surface area contributed by atoms with Crippen LogP contribution in [0, 0.1) is 6.92 Å². The van der Waals surface area contributed by atoms with Gasteiger partial charge in [-0.1, -0.05) is 17.7 Å². The average Bonchev–Trinajstić information content (AvgIpc) is 3.09. The summed E-state index contributed by atoms with van der Waals surface area (Å²) in [4.78, 5) is 30.6. The van der Waals surface area contributed by atoms with Crippen LogP contribution in [0.3, 0.4) is 0 Å². The lowest BCUT2D eigenvalue weighted by molar-refractivity contribution is -0.121. The van der Waals surface area contributed by atoms with Crippen molar-refractivity contribution in [3.63, 3.8) is 0 Å². The monoisotopic (exact) mass is 360 g/mol. The Labute approximate surface area is 150 Å². The number of anilines is 1. The van der Waals surface area contributed by atoms with Crippen LogP contribution in [0.4, 0.5) is 5.13 Å². The molecule has 1 aromatic heterocycles. The Kier molecular flexibility index (Phi) is 5.62. The number of aromatic nitrogens is 1. The van der Waals surface area contributed by atoms with Gasteiger partial charge < -0.3 is 9.64 Å². The van der Waals surface area contributed by atoms with E-state index in [1.807, 2.05) is 18.4 Å². The first kappa shape index (κ1) is 17.4. The zero-order chi connectivity index (χ0) is 17.6. The number of aryl methyl sites for hydroxylation is 1. The van der Waals surface area contributed by atoms with Crippen LogP contribution in [-0.2, 0) is 16.0 Å². The van der Waals surface area contributed by atoms with Gasteiger partial charge in [0, 0.05) is 24.0 Å². The van der Waals surface area contributed by atoms with Crippen molar-refractivity contribution in [3.8, 4) is 0 Å². The first-order valence-corrected chi connectivity index (χ1v) is 8.93. The molecule has 1 aromatic carbocycles. The molecule has 25 heavy (non-hydrogen) atoms. The van der Waals surface area contributed by atoms with Gasteiger partial charge in [-0.15, -0.1) is 11.3 Å². The number of hydrogen-bond donors (Lipinski definition) is 2. The van der Waals surface area contributed by atoms with Gasteiger partial charge in [-0.25, -0.2) is 4.98 Å². The fraction of sp³-hybridized carbons (Fsp3) is 0.353. The highest BCUT2D eigenvalue weighted by Gasteiger charge is 2.16. The maximum atomic E-state index is 12.0. The van der Waals surface area contributed by atoms with E-state index in [9.17, 15) is 9.59 Å². The smallest absolute Gasteiger partial charge is 0.269 e. The van der Waals surface area contributed by atoms with Gasteiger partial charge in [0.25, 0.3) is 5.91 Å². The third-order valence-corrected chi connectivity index (χ3v) is 4.71. The van der Waals surface area contributed by atoms with E-state index < -0.39 is 0 Å². The van der Waals surface area contributed by atoms with Crippen LogP contribution in [-0.4, -0.2) is 43.1 Å². The fourth-order valence-electron chi connectivity index (χ4n) is 2.47. The molecule has 2 heterocycles. The summed E-state index contributed by atoms with van der Waals surface area (Å²) in [5.74, 6) is -0.649. The number of morpholine rings is 1. The molecule has 0 saturated carbocycles. The zero-order valence-corrected chi connectivity index (χ0v) is 14.8. The third-order valence-electron chi connectivity index (χ3n) is 3.76. The highest BCUT2D eigenvalue weighted by atomic mass is 32.1. The summed E-state index contributed by atoms with van der Waals surface area (Å²) in [5.41, 5.74) is 7.03. The van der Waals surface area contributed by atoms with E-state index in [0.29, 0.717) is 24.5 Å². The predicted octanol–water partition coefficient (Wildman–Crippen LogP) is 1.29. The molecule has 1 aliphatic rings. The van der Waals surface area contributed by atoms with Crippen LogP contribution in [0.25, 0.3) is 0 Å². The molecule has 0 unspecified atom stereocenters. The number of amides is 2. The Morgan fingerprint density at radius 2 is 2.08 bits per heavy atom. The first-order chi connectivity index (χ1) is 12.1. The minimum atomic E-state index is -0.343. The quantitative estimate of drug-likeness (QED) is 0.803. The molecular weight excluding hydrogens is 340 g/mol. The van der Waals surface area contributed by atoms with Crippen LogP contribution in [0.15, 0.2) is 29.6 Å². The lowest BCUT2D eigenvalue weighted by Crippen LogP contribution is -2.42. The summed E-state index contributed by atoms with van der Waals surface area (Å²) >= 11 is 1.51. The summed E-state index contributed by atoms with van der Waals surface area (Å²) in [6.07, 6.45) is 0.120. The molecule has 3 rings (SSSR count). The SMILES string of the molecule is Cc1cccc(C(=O)NNC(=O)Cc2csc(N3CCOCC3)n2)c1. The number of carbonyl (C=O) groups excluding carboxylic acids is 2. The van der Waals surface area contributed by atoms with E-state index in [0.717, 1.165) is 23.8 Å². The van der Waals surface area contributed by atoms with Gasteiger partial charge in [-0.2, -0.15) is 0 Å². The van der Waals surface area contributed by atoms with Crippen LogP contribution in [0.5, 0.6) is 0 Å². The van der Waals surface area contributed by atoms with E-state index in [4.69, 9.17) is 4.74 Å². The van der Waals surface area contributed by atoms with Crippen molar-refractivity contribution in [2.75, 3.05) is 31.2 Å². The van der Waals surface area contributed by atoms with Gasteiger partial charge in [0.2, 0.25) is 5.91 Å². The van der Waals surface area contributed by atoms with Crippen molar-refractivity contribution >= 4 is 28.3 Å². The summed E-state index contributed by atoms with van der Waals surface area (Å²) in [7, 11) is 0. The van der Waals surface area contributed by atoms with Gasteiger partial charge in [-0.05, 0) is 19.1 Å². The first-order valence-electron chi connectivity index (χ1n) is 8.05. The number of nitrogens with one attached hydrogen (secondary N) is 2. The van der Waals surface area contributed by atoms with E-state index in [1.54, 1.807) is 18.2 Å². The van der Waals surface area contributed by atoms with Crippen molar-refractivity contribution in [1.82, 2.24) is 15.8 Å². The van der Waals surface area contributed by atoms with E-state index in [2.05, 4.69) is 20.7 Å². The number of hydrazine groups is 1. The van der Waals surface area contributed by atoms with Crippen molar-refractivity contribution in [2.45, 2.75) is 13.3 Å². The Morgan fingerprint density at radius 1 is 1.28 bits per heavy atom. The van der Waals surface area contributed by atoms with E-state index in [-0.39, 0.29) is 18.2 Å². The molecule has 132 valence electrons. The zero-order valence-electron chi connectivity index (χ0n) is 13.9. The molecular formula is C17H20N4O3S. The number of carbonyl (C=O) groups is 2. The maximum absolute atomic E-state index is 12.0. The lowest BCUT2D eigenvalue weighted by atomic mass is 10.1. The van der Waals surface area contributed by atoms with E-state index in [1.165, 1.54) is 11.3 Å². The summed E-state index contributed by atoms with van der Waals surface area (Å²) < 4.78 is 5.32. The number of rotatable bonds is 4. The maximum Gasteiger partial charge on any atom is 0.269 e. The largest absolute Gasteiger partial charge is 0.378 e. The van der Waals surface area contributed by atoms with Gasteiger partial charge in [0.1, 0.15) is 0 Å². The predicted molar refractivity (Wildman–Crippen MR) is 95.6 cm³/mol. The highest BCUT2D eigenvalue weighted by molar-refractivity contribution is 7.13. The number of ether oxygens (including phenoxy) is 1. The molecule has 2 aromatic rings. The minimum Gasteiger partial charge on any atom is -0.378 e. The summed E-state index contributed by atoms with van der Waals surface area (Å²) in [6.45, 7) is 4.92. The highest BCUT2D eigenvalue weighted by Crippen LogP contribution is 2.21. The average molecular weight is 360 g/mol. The third kappa shape index (κ3) is 4.77. The minimum absolute atomic E-state index is 0.120. The van der Waals surface area contributed by atoms with Crippen molar-refractivity contribution in [1.29, 1.82) is 0 Å². The molecule has 7 nitrogen and oxygen atoms in total. The Bertz CT molecular complexity index is 756. The molecule has 1 fully saturated rings. The second kappa shape index (κ2) is 8.09. The van der Waals surface area contributed by atoms with Gasteiger partial charge in [0.15, 0.2) is 5.13 Å². The van der Waals surface area contributed by atoms with Gasteiger partial charge >= 0.3 is 0 Å². The lowest BCUT2D eigenvalue weighted by Gasteiger charge is -2.26. The molecule has 1 saturated heterocycles. The molecule has 0 bridgehead atoms. The molecule has 0 radical (unpaired) electrons. The fourth-order valence-corrected chi connectivity index (χ4v) is 3.35. The normalized spacial score (nSPS) is 14.2. The molecule has 0 atom stereocenters. The van der Waals surface area contributed by atoms with Gasteiger partial charge in [-0.3, -0.25) is 20.4 Å². The van der Waals surface area contributed by atoms with Crippen LogP contribution in [0.2, 0.25) is 0 Å². The number of nitrogens with zero attached hydrogens (tertiary/aromatic N) is 2. The Hall–Kier alpha value is -2.45. The molecule has 1 aliphatic heterocycles. The number of benzene rings is 1. The topological polar surface area (TPSA) is 83.6 Å². The molecule has 0 spiro atoms. The molecule has 2 amide bonds. The van der Waals surface area contributed by atoms with E-state index >= 15 is 0 Å². The second-order valence-electron chi connectivity index (χ2n) is 5.77. The Balaban J connectivity index is 1.49. The van der Waals surface area contributed by atoms with Crippen LogP contribution in [0.1, 0.15) is 21.6 Å².